The highest BCUT2D eigenvalue weighted by molar-refractivity contribution is 9.13. The van der Waals surface area contributed by atoms with E-state index in [4.69, 9.17) is 0 Å². The third kappa shape index (κ3) is 17.5. The highest BCUT2D eigenvalue weighted by atomic mass is 79.9. The quantitative estimate of drug-likeness (QED) is 0.147. The second-order valence-corrected chi connectivity index (χ2v) is 35.5. The first kappa shape index (κ1) is 65.7. The van der Waals surface area contributed by atoms with E-state index in [1.165, 1.54) is 102 Å². The molecule has 0 radical (unpaired) electrons. The van der Waals surface area contributed by atoms with Crippen LogP contribution >= 0.6 is 222 Å². The number of carbonyl (C=O) groups is 2. The van der Waals surface area contributed by atoms with Gasteiger partial charge in [-0.1, -0.05) is 0 Å². The molecular formula is C67H44Br4O3S14. The number of hydrogen-bond acceptors (Lipinski definition) is 17. The Morgan fingerprint density at radius 2 is 0.818 bits per heavy atom. The number of carbonyl (C=O) groups excluding carboxylic acids is 2. The topological polar surface area (TPSA) is 54.4 Å². The molecule has 21 heteroatoms. The zero-order chi connectivity index (χ0) is 60.8. The molecule has 0 spiro atoms. The SMILES string of the molecule is Brc1ccsc1Br.Brc1ccsc1Cc1ccsc1.O=Cc1ccsc1.O=Cc1ccsc1Cc1ccsc1.OC(c1ccsc1)c1sccc1Br.c1cc2cc3sc(-c4cc5cc6sccc6cc5s4)cc3cc2s1.c1cc2cc3sccc3cc2s1. The molecule has 0 amide bonds. The highest BCUT2D eigenvalue weighted by Gasteiger charge is 2.15. The van der Waals surface area contributed by atoms with E-state index in [-0.39, 0.29) is 0 Å². The molecule has 0 aliphatic rings. The Balaban J connectivity index is 0.000000111. The molecule has 14 heterocycles. The van der Waals surface area contributed by atoms with Crippen LogP contribution in [0, 0.1) is 0 Å². The Morgan fingerprint density at radius 3 is 1.23 bits per heavy atom. The van der Waals surface area contributed by atoms with Gasteiger partial charge in [0, 0.05) is 90.5 Å². The summed E-state index contributed by atoms with van der Waals surface area (Å²) in [6.45, 7) is 0. The van der Waals surface area contributed by atoms with Crippen LogP contribution < -0.4 is 0 Å². The van der Waals surface area contributed by atoms with Crippen molar-refractivity contribution in [2.45, 2.75) is 18.9 Å². The standard InChI is InChI=1S/C20H10S4.C10H8OS2.C10H6S2.C9H7BrOS2.C9H7BrS2.C5H4OS.C4H2Br2S/c1-3-21-15-7-13-9-19(23-17(13)5-11(1)15)20-10-14-8-16-12(2-4-22-16)6-18(14)24-20;11-6-9-2-4-13-10(9)5-8-1-3-12-7-8;1-3-11-9-6-8-2-4-12-10(8)5-7(1)9;10-7-2-4-13-9(7)8(11)6-1-3-12-5-6;10-8-2-4-12-9(8)5-7-1-3-11-6-7;6-3-5-1-2-7-4-5;5-3-1-2-7-4(3)6/h1-10H;1-4,6-7H,5H2;1-6H;1-5,8,11H;1-4,6H,5H2;1-4H;1-2H. The van der Waals surface area contributed by atoms with E-state index < -0.39 is 6.10 Å². The average molecular weight is 1670 g/mol. The van der Waals surface area contributed by atoms with Gasteiger partial charge in [-0.2, -0.15) is 45.3 Å². The second-order valence-electron chi connectivity index (χ2n) is 18.7. The predicted octanol–water partition coefficient (Wildman–Crippen LogP) is 28.2. The van der Waals surface area contributed by atoms with Crippen LogP contribution in [0.4, 0.5) is 0 Å². The lowest BCUT2D eigenvalue weighted by molar-refractivity contribution is 0.111. The summed E-state index contributed by atoms with van der Waals surface area (Å²) in [7, 11) is 0. The van der Waals surface area contributed by atoms with Gasteiger partial charge in [0.2, 0.25) is 0 Å². The lowest BCUT2D eigenvalue weighted by Crippen LogP contribution is -1.94. The summed E-state index contributed by atoms with van der Waals surface area (Å²) in [5.74, 6) is 0. The predicted molar refractivity (Wildman–Crippen MR) is 416 cm³/mol. The molecule has 88 heavy (non-hydrogen) atoms. The van der Waals surface area contributed by atoms with Crippen molar-refractivity contribution in [1.82, 2.24) is 0 Å². The van der Waals surface area contributed by atoms with Crippen molar-refractivity contribution in [2.75, 3.05) is 0 Å². The summed E-state index contributed by atoms with van der Waals surface area (Å²) in [5, 5.41) is 51.0. The van der Waals surface area contributed by atoms with Gasteiger partial charge in [-0.15, -0.1) is 113 Å². The van der Waals surface area contributed by atoms with Gasteiger partial charge in [-0.3, -0.25) is 9.59 Å². The minimum atomic E-state index is -0.486. The van der Waals surface area contributed by atoms with Crippen molar-refractivity contribution in [3.8, 4) is 9.75 Å². The molecule has 0 aliphatic heterocycles. The molecule has 0 saturated carbocycles. The van der Waals surface area contributed by atoms with Crippen LogP contribution in [0.5, 0.6) is 0 Å². The summed E-state index contributed by atoms with van der Waals surface area (Å²) in [4.78, 5) is 26.8. The molecule has 1 unspecified atom stereocenters. The zero-order valence-electron chi connectivity index (χ0n) is 45.4. The number of aldehydes is 2. The molecule has 14 aromatic heterocycles. The molecule has 17 rings (SSSR count). The van der Waals surface area contributed by atoms with E-state index in [2.05, 4.69) is 203 Å². The lowest BCUT2D eigenvalue weighted by atomic mass is 10.1. The van der Waals surface area contributed by atoms with Crippen LogP contribution in [0.1, 0.15) is 58.1 Å². The van der Waals surface area contributed by atoms with E-state index in [0.717, 1.165) is 64.6 Å². The highest BCUT2D eigenvalue weighted by Crippen LogP contribution is 2.43. The molecular weight excluding hydrogens is 1620 g/mol. The zero-order valence-corrected chi connectivity index (χ0v) is 63.2. The molecule has 0 bridgehead atoms. The Labute approximate surface area is 598 Å². The lowest BCUT2D eigenvalue weighted by Gasteiger charge is -2.06. The summed E-state index contributed by atoms with van der Waals surface area (Å²) in [6, 6.07) is 43.3. The molecule has 0 saturated heterocycles. The van der Waals surface area contributed by atoms with Gasteiger partial charge >= 0.3 is 0 Å². The van der Waals surface area contributed by atoms with Crippen molar-refractivity contribution in [3.63, 3.8) is 0 Å². The summed E-state index contributed by atoms with van der Waals surface area (Å²) in [6.07, 6.45) is 3.23. The first-order valence-corrected chi connectivity index (χ1v) is 41.9. The van der Waals surface area contributed by atoms with Crippen LogP contribution in [-0.4, -0.2) is 17.7 Å². The van der Waals surface area contributed by atoms with E-state index in [1.54, 1.807) is 85.4 Å². The fraction of sp³-hybridized carbons (Fsp3) is 0.0448. The maximum Gasteiger partial charge on any atom is 0.151 e. The number of hydrogen-bond donors (Lipinski definition) is 1. The van der Waals surface area contributed by atoms with E-state index in [1.807, 2.05) is 130 Å². The van der Waals surface area contributed by atoms with Crippen molar-refractivity contribution in [2.24, 2.45) is 0 Å². The van der Waals surface area contributed by atoms with Crippen LogP contribution in [-0.2, 0) is 12.8 Å². The first-order chi connectivity index (χ1) is 43.0. The number of aliphatic hydroxyl groups excluding tert-OH is 1. The summed E-state index contributed by atoms with van der Waals surface area (Å²) in [5.41, 5.74) is 5.26. The van der Waals surface area contributed by atoms with Crippen molar-refractivity contribution >= 4 is 296 Å². The van der Waals surface area contributed by atoms with Gasteiger partial charge in [0.25, 0.3) is 0 Å². The van der Waals surface area contributed by atoms with Gasteiger partial charge in [-0.25, -0.2) is 0 Å². The molecule has 442 valence electrons. The smallest absolute Gasteiger partial charge is 0.151 e. The van der Waals surface area contributed by atoms with E-state index in [9.17, 15) is 14.7 Å². The normalized spacial score (nSPS) is 11.1. The largest absolute Gasteiger partial charge is 0.383 e. The average Bonchev–Trinajstić information content (AvgIpc) is 2.62. The van der Waals surface area contributed by atoms with Gasteiger partial charge in [0.1, 0.15) is 6.10 Å². The fourth-order valence-corrected chi connectivity index (χ4v) is 22.3. The maximum absolute atomic E-state index is 10.6. The van der Waals surface area contributed by atoms with E-state index >= 15 is 0 Å². The third-order valence-corrected chi connectivity index (χ3v) is 29.7. The third-order valence-electron chi connectivity index (χ3n) is 12.9. The number of halogens is 4. The number of rotatable bonds is 9. The molecule has 17 aromatic rings. The molecule has 3 nitrogen and oxygen atoms in total. The monoisotopic (exact) mass is 1660 g/mol. The maximum atomic E-state index is 10.6. The molecule has 1 N–H and O–H groups in total. The Morgan fingerprint density at radius 1 is 0.375 bits per heavy atom. The Hall–Kier alpha value is -3.76. The van der Waals surface area contributed by atoms with Gasteiger partial charge < -0.3 is 5.11 Å². The molecule has 1 atom stereocenters. The number of benzene rings is 3. The van der Waals surface area contributed by atoms with Crippen molar-refractivity contribution < 1.29 is 14.7 Å². The summed E-state index contributed by atoms with van der Waals surface area (Å²) < 4.78 is 12.8. The molecule has 0 fully saturated rings. The second kappa shape index (κ2) is 32.7. The van der Waals surface area contributed by atoms with Crippen LogP contribution in [0.25, 0.3) is 70.3 Å². The van der Waals surface area contributed by atoms with Gasteiger partial charge in [0.05, 0.1) is 8.66 Å². The van der Waals surface area contributed by atoms with Gasteiger partial charge in [0.15, 0.2) is 12.6 Å². The Kier molecular flexibility index (Phi) is 24.4. The number of aliphatic hydroxyl groups is 1. The van der Waals surface area contributed by atoms with Crippen molar-refractivity contribution in [1.29, 1.82) is 0 Å². The fourth-order valence-electron chi connectivity index (χ4n) is 8.56. The number of fused-ring (bicyclic) bond motifs is 6. The first-order valence-electron chi connectivity index (χ1n) is 26.3. The molecule has 0 aliphatic carbocycles. The number of thiophene rings is 14. The van der Waals surface area contributed by atoms with Gasteiger partial charge in [-0.05, 0) is 315 Å². The van der Waals surface area contributed by atoms with Crippen molar-refractivity contribution in [3.05, 3.63) is 267 Å². The summed E-state index contributed by atoms with van der Waals surface area (Å²) >= 11 is 37.9. The molecule has 3 aromatic carbocycles. The minimum Gasteiger partial charge on any atom is -0.383 e. The van der Waals surface area contributed by atoms with E-state index in [0.29, 0.717) is 0 Å². The van der Waals surface area contributed by atoms with Crippen LogP contribution in [0.3, 0.4) is 0 Å². The van der Waals surface area contributed by atoms with Crippen LogP contribution in [0.2, 0.25) is 0 Å². The minimum absolute atomic E-state index is 0.486. The van der Waals surface area contributed by atoms with Crippen LogP contribution in [0.15, 0.2) is 225 Å². The Bertz CT molecular complexity index is 4590.